The third kappa shape index (κ3) is 6.18. The largest absolute Gasteiger partial charge is 0.469 e. The summed E-state index contributed by atoms with van der Waals surface area (Å²) < 4.78 is 41.3. The summed E-state index contributed by atoms with van der Waals surface area (Å²) in [5, 5.41) is 23.5. The number of aryl methyl sites for hydroxylation is 1. The van der Waals surface area contributed by atoms with Crippen molar-refractivity contribution < 1.29 is 37.1 Å². The molecule has 8 nitrogen and oxygen atoms in total. The second-order valence-corrected chi connectivity index (χ2v) is 16.2. The molecule has 43 heavy (non-hydrogen) atoms. The molecule has 11 atom stereocenters. The van der Waals surface area contributed by atoms with Crippen LogP contribution in [0.5, 0.6) is 0 Å². The molecule has 4 aliphatic rings. The molecule has 0 bridgehead atoms. The van der Waals surface area contributed by atoms with Crippen molar-refractivity contribution >= 4 is 16.1 Å². The Hall–Kier alpha value is -1.52. The van der Waals surface area contributed by atoms with Crippen LogP contribution < -0.4 is 0 Å². The van der Waals surface area contributed by atoms with Gasteiger partial charge in [0.2, 0.25) is 0 Å². The lowest BCUT2D eigenvalue weighted by atomic mass is 9.43. The molecule has 0 radical (unpaired) electrons. The van der Waals surface area contributed by atoms with E-state index in [1.54, 1.807) is 24.3 Å². The molecule has 1 aromatic rings. The van der Waals surface area contributed by atoms with Crippen molar-refractivity contribution in [3.8, 4) is 0 Å². The van der Waals surface area contributed by atoms with E-state index in [1.165, 1.54) is 7.11 Å². The Bertz CT molecular complexity index is 1230. The fourth-order valence-corrected chi connectivity index (χ4v) is 10.9. The lowest BCUT2D eigenvalue weighted by molar-refractivity contribution is -0.209. The molecule has 0 saturated heterocycles. The van der Waals surface area contributed by atoms with Crippen molar-refractivity contribution in [3.05, 3.63) is 29.8 Å². The van der Waals surface area contributed by atoms with Gasteiger partial charge in [-0.1, -0.05) is 38.5 Å². The lowest BCUT2D eigenvalue weighted by Crippen LogP contribution is -2.62. The fourth-order valence-electron chi connectivity index (χ4n) is 10.0. The van der Waals surface area contributed by atoms with E-state index in [0.29, 0.717) is 24.7 Å². The summed E-state index contributed by atoms with van der Waals surface area (Å²) in [6, 6.07) is 6.61. The van der Waals surface area contributed by atoms with E-state index in [-0.39, 0.29) is 64.7 Å². The summed E-state index contributed by atoms with van der Waals surface area (Å²) in [5.74, 6) is 1.41. The average molecular weight is 621 g/mol. The van der Waals surface area contributed by atoms with Gasteiger partial charge in [0.15, 0.2) is 0 Å². The summed E-state index contributed by atoms with van der Waals surface area (Å²) in [6.07, 6.45) is 6.46. The highest BCUT2D eigenvalue weighted by molar-refractivity contribution is 7.86. The van der Waals surface area contributed by atoms with E-state index < -0.39 is 22.3 Å². The van der Waals surface area contributed by atoms with E-state index in [9.17, 15) is 23.4 Å². The monoisotopic (exact) mass is 620 g/mol. The van der Waals surface area contributed by atoms with E-state index in [0.717, 1.165) is 50.5 Å². The molecule has 0 aliphatic heterocycles. The zero-order chi connectivity index (χ0) is 31.2. The predicted octanol–water partition coefficient (Wildman–Crippen LogP) is 5.28. The fraction of sp³-hybridized carbons (Fsp3) is 0.794. The van der Waals surface area contributed by atoms with Crippen LogP contribution in [0.4, 0.5) is 0 Å². The maximum Gasteiger partial charge on any atom is 0.305 e. The number of aliphatic hydroxyl groups excluding tert-OH is 2. The predicted molar refractivity (Wildman–Crippen MR) is 162 cm³/mol. The molecule has 0 spiro atoms. The molecule has 2 N–H and O–H groups in total. The van der Waals surface area contributed by atoms with E-state index in [4.69, 9.17) is 13.7 Å². The van der Waals surface area contributed by atoms with Gasteiger partial charge in [0, 0.05) is 6.42 Å². The SMILES string of the molecule is COC(=O)CC[C@@H](C)C1CC[C@H]2[C@@H]3[C@H](O)C[C@@H]4C[C@@H](OCCOS(=O)(=O)c5ccc(C)cc5)CC[C@]4(C)[C@H]3C[C@H](O)[C@]12C. The molecule has 0 heterocycles. The number of ether oxygens (including phenoxy) is 2. The second-order valence-electron chi connectivity index (χ2n) is 14.5. The number of methoxy groups -OCH3 is 1. The van der Waals surface area contributed by atoms with Crippen LogP contribution in [-0.2, 0) is 28.6 Å². The van der Waals surface area contributed by atoms with Gasteiger partial charge in [0.1, 0.15) is 0 Å². The van der Waals surface area contributed by atoms with Gasteiger partial charge in [0.25, 0.3) is 10.1 Å². The number of aliphatic hydroxyl groups is 2. The van der Waals surface area contributed by atoms with Gasteiger partial charge in [-0.05, 0) is 117 Å². The normalized spacial score (nSPS) is 39.8. The van der Waals surface area contributed by atoms with Crippen LogP contribution in [-0.4, -0.2) is 63.2 Å². The van der Waals surface area contributed by atoms with Crippen LogP contribution in [0.3, 0.4) is 0 Å². The summed E-state index contributed by atoms with van der Waals surface area (Å²) in [4.78, 5) is 12.0. The summed E-state index contributed by atoms with van der Waals surface area (Å²) in [7, 11) is -2.39. The van der Waals surface area contributed by atoms with Gasteiger partial charge >= 0.3 is 5.97 Å². The van der Waals surface area contributed by atoms with Gasteiger partial charge in [-0.15, -0.1) is 0 Å². The number of carbonyl (C=O) groups excluding carboxylic acids is 1. The van der Waals surface area contributed by atoms with E-state index in [1.807, 2.05) is 6.92 Å². The molecule has 0 amide bonds. The number of hydrogen-bond donors (Lipinski definition) is 2. The first-order valence-corrected chi connectivity index (χ1v) is 17.7. The molecule has 9 heteroatoms. The van der Waals surface area contributed by atoms with Gasteiger partial charge < -0.3 is 19.7 Å². The van der Waals surface area contributed by atoms with E-state index >= 15 is 0 Å². The minimum atomic E-state index is -3.82. The molecular formula is C34H52O8S. The van der Waals surface area contributed by atoms with Crippen LogP contribution in [0.2, 0.25) is 0 Å². The zero-order valence-corrected chi connectivity index (χ0v) is 27.4. The van der Waals surface area contributed by atoms with Gasteiger partial charge in [-0.3, -0.25) is 8.98 Å². The Balaban J connectivity index is 1.19. The first-order chi connectivity index (χ1) is 20.3. The van der Waals surface area contributed by atoms with Crippen LogP contribution in [0.15, 0.2) is 29.2 Å². The molecule has 4 aliphatic carbocycles. The Morgan fingerprint density at radius 2 is 1.74 bits per heavy atom. The smallest absolute Gasteiger partial charge is 0.305 e. The number of benzene rings is 1. The van der Waals surface area contributed by atoms with Crippen molar-refractivity contribution in [2.45, 2.75) is 109 Å². The molecule has 4 fully saturated rings. The Morgan fingerprint density at radius 1 is 1.02 bits per heavy atom. The van der Waals surface area contributed by atoms with E-state index in [2.05, 4.69) is 20.8 Å². The first-order valence-electron chi connectivity index (χ1n) is 16.3. The topological polar surface area (TPSA) is 119 Å². The number of carbonyl (C=O) groups is 1. The molecule has 242 valence electrons. The number of fused-ring (bicyclic) bond motifs is 5. The molecule has 1 aromatic carbocycles. The van der Waals surface area contributed by atoms with Crippen molar-refractivity contribution in [3.63, 3.8) is 0 Å². The highest BCUT2D eigenvalue weighted by Crippen LogP contribution is 2.68. The number of hydrogen-bond acceptors (Lipinski definition) is 8. The van der Waals surface area contributed by atoms with Crippen molar-refractivity contribution in [1.82, 2.24) is 0 Å². The van der Waals surface area contributed by atoms with Gasteiger partial charge in [0.05, 0.1) is 43.5 Å². The summed E-state index contributed by atoms with van der Waals surface area (Å²) in [6.45, 7) is 8.89. The number of esters is 1. The van der Waals surface area contributed by atoms with Crippen LogP contribution in [0.25, 0.3) is 0 Å². The maximum absolute atomic E-state index is 12.5. The zero-order valence-electron chi connectivity index (χ0n) is 26.5. The first kappa shape index (κ1) is 32.9. The molecule has 5 rings (SSSR count). The lowest BCUT2D eigenvalue weighted by Gasteiger charge is -2.63. The van der Waals surface area contributed by atoms with Gasteiger partial charge in [-0.25, -0.2) is 0 Å². The quantitative estimate of drug-likeness (QED) is 0.206. The Morgan fingerprint density at radius 3 is 2.44 bits per heavy atom. The van der Waals surface area contributed by atoms with Crippen molar-refractivity contribution in [2.24, 2.45) is 46.3 Å². The average Bonchev–Trinajstić information content (AvgIpc) is 3.33. The van der Waals surface area contributed by atoms with Crippen LogP contribution in [0, 0.1) is 53.3 Å². The summed E-state index contributed by atoms with van der Waals surface area (Å²) in [5.41, 5.74) is 0.739. The third-order valence-corrected chi connectivity index (χ3v) is 13.8. The highest BCUT2D eigenvalue weighted by atomic mass is 32.2. The van der Waals surface area contributed by atoms with Gasteiger partial charge in [-0.2, -0.15) is 8.42 Å². The molecule has 4 saturated carbocycles. The maximum atomic E-state index is 12.5. The number of rotatable bonds is 10. The van der Waals surface area contributed by atoms with Crippen LogP contribution in [0.1, 0.15) is 84.1 Å². The van der Waals surface area contributed by atoms with Crippen LogP contribution >= 0.6 is 0 Å². The summed E-state index contributed by atoms with van der Waals surface area (Å²) >= 11 is 0. The minimum Gasteiger partial charge on any atom is -0.469 e. The standard InChI is InChI=1S/C34H52O8S/c1-21-6-9-25(10-7-21)43(38,39)42-17-16-41-24-14-15-33(3)23(18-24)19-29(35)32-27-12-11-26(22(2)8-13-31(37)40-5)34(27,4)30(36)20-28(32)33/h6-7,9-10,22-24,26-30,32,35-36H,8,11-20H2,1-5H3/t22-,23+,24+,26?,27+,28+,29-,30+,32+,33+,34-/m1/s1. The van der Waals surface area contributed by atoms with Crippen molar-refractivity contribution in [2.75, 3.05) is 20.3 Å². The molecular weight excluding hydrogens is 568 g/mol. The molecule has 0 aromatic heterocycles. The van der Waals surface area contributed by atoms with Crippen molar-refractivity contribution in [1.29, 1.82) is 0 Å². The molecule has 1 unspecified atom stereocenters. The Labute approximate surface area is 258 Å². The minimum absolute atomic E-state index is 0.00203. The second kappa shape index (κ2) is 12.7. The highest BCUT2D eigenvalue weighted by Gasteiger charge is 2.65. The Kier molecular flexibility index (Phi) is 9.71. The third-order valence-electron chi connectivity index (χ3n) is 12.5.